The molecule has 3 aromatic rings. The predicted molar refractivity (Wildman–Crippen MR) is 88.3 cm³/mol. The summed E-state index contributed by atoms with van der Waals surface area (Å²) in [4.78, 5) is 42.5. The number of nitrogens with zero attached hydrogens (tertiary/aromatic N) is 2. The maximum Gasteiger partial charge on any atom is 0.345 e. The van der Waals surface area contributed by atoms with E-state index in [4.69, 9.17) is 4.74 Å². The molecule has 0 aliphatic rings. The van der Waals surface area contributed by atoms with Crippen LogP contribution in [0.1, 0.15) is 23.7 Å². The molecule has 24 heavy (non-hydrogen) atoms. The van der Waals surface area contributed by atoms with E-state index in [1.54, 1.807) is 30.3 Å². The Balaban J connectivity index is 2.04. The molecule has 0 fully saturated rings. The summed E-state index contributed by atoms with van der Waals surface area (Å²) in [6.07, 6.45) is 2.01. The molecule has 1 aromatic carbocycles. The lowest BCUT2D eigenvalue weighted by atomic mass is 10.2. The van der Waals surface area contributed by atoms with Gasteiger partial charge in [-0.1, -0.05) is 25.1 Å². The van der Waals surface area contributed by atoms with Crippen LogP contribution in [0.25, 0.3) is 11.0 Å². The van der Waals surface area contributed by atoms with Crippen molar-refractivity contribution in [1.29, 1.82) is 0 Å². The molecule has 0 saturated heterocycles. The van der Waals surface area contributed by atoms with Gasteiger partial charge in [0.05, 0.1) is 10.9 Å². The summed E-state index contributed by atoms with van der Waals surface area (Å²) in [7, 11) is 0. The van der Waals surface area contributed by atoms with Crippen LogP contribution in [-0.2, 0) is 6.54 Å². The number of ether oxygens (including phenoxy) is 1. The van der Waals surface area contributed by atoms with Crippen molar-refractivity contribution in [2.75, 3.05) is 0 Å². The molecule has 0 radical (unpaired) electrons. The average molecular weight is 325 g/mol. The van der Waals surface area contributed by atoms with E-state index in [1.807, 2.05) is 6.92 Å². The van der Waals surface area contributed by atoms with Gasteiger partial charge in [0.15, 0.2) is 0 Å². The van der Waals surface area contributed by atoms with Gasteiger partial charge in [0, 0.05) is 12.7 Å². The monoisotopic (exact) mass is 325 g/mol. The lowest BCUT2D eigenvalue weighted by Crippen LogP contribution is -2.31. The number of carbonyl (C=O) groups is 1. The first-order valence-electron chi connectivity index (χ1n) is 7.50. The quantitative estimate of drug-likeness (QED) is 0.582. The topological polar surface area (TPSA) is 94.1 Å². The fourth-order valence-corrected chi connectivity index (χ4v) is 2.37. The van der Waals surface area contributed by atoms with Gasteiger partial charge < -0.3 is 4.74 Å². The van der Waals surface area contributed by atoms with Crippen LogP contribution in [0.15, 0.2) is 52.2 Å². The molecule has 0 spiro atoms. The maximum atomic E-state index is 12.2. The van der Waals surface area contributed by atoms with Gasteiger partial charge in [-0.3, -0.25) is 14.3 Å². The van der Waals surface area contributed by atoms with Crippen molar-refractivity contribution in [2.45, 2.75) is 19.9 Å². The number of H-pyrrole nitrogens is 1. The minimum atomic E-state index is -0.622. The third kappa shape index (κ3) is 2.96. The van der Waals surface area contributed by atoms with Crippen LogP contribution >= 0.6 is 0 Å². The number of aromatic nitrogens is 3. The van der Waals surface area contributed by atoms with Gasteiger partial charge in [-0.25, -0.2) is 14.6 Å². The van der Waals surface area contributed by atoms with E-state index in [9.17, 15) is 14.4 Å². The van der Waals surface area contributed by atoms with Crippen molar-refractivity contribution in [1.82, 2.24) is 14.5 Å². The van der Waals surface area contributed by atoms with E-state index in [0.717, 1.165) is 0 Å². The zero-order valence-electron chi connectivity index (χ0n) is 13.0. The first kappa shape index (κ1) is 15.7. The molecular formula is C17H15N3O4. The highest BCUT2D eigenvalue weighted by atomic mass is 16.5. The molecule has 7 heteroatoms. The highest BCUT2D eigenvalue weighted by Gasteiger charge is 2.14. The highest BCUT2D eigenvalue weighted by Crippen LogP contribution is 2.13. The van der Waals surface area contributed by atoms with Crippen molar-refractivity contribution in [3.63, 3.8) is 0 Å². The van der Waals surface area contributed by atoms with Gasteiger partial charge in [-0.2, -0.15) is 0 Å². The minimum Gasteiger partial charge on any atom is -0.423 e. The van der Waals surface area contributed by atoms with E-state index in [0.29, 0.717) is 18.7 Å². The van der Waals surface area contributed by atoms with Gasteiger partial charge >= 0.3 is 11.7 Å². The lowest BCUT2D eigenvalue weighted by molar-refractivity contribution is 0.0734. The molecule has 1 N–H and O–H groups in total. The van der Waals surface area contributed by atoms with Gasteiger partial charge in [0.25, 0.3) is 5.56 Å². The van der Waals surface area contributed by atoms with Crippen LogP contribution < -0.4 is 16.0 Å². The van der Waals surface area contributed by atoms with Crippen molar-refractivity contribution in [3.05, 3.63) is 69.0 Å². The number of benzene rings is 1. The number of hydrogen-bond donors (Lipinski definition) is 1. The summed E-state index contributed by atoms with van der Waals surface area (Å²) in [6.45, 7) is 2.34. The molecule has 2 heterocycles. The second-order valence-electron chi connectivity index (χ2n) is 5.21. The van der Waals surface area contributed by atoms with Crippen molar-refractivity contribution < 1.29 is 9.53 Å². The number of aryl methyl sites for hydroxylation is 1. The largest absolute Gasteiger partial charge is 0.423 e. The molecule has 0 unspecified atom stereocenters. The highest BCUT2D eigenvalue weighted by molar-refractivity contribution is 5.94. The zero-order valence-corrected chi connectivity index (χ0v) is 13.0. The Bertz CT molecular complexity index is 1010. The first-order chi connectivity index (χ1) is 11.6. The maximum absolute atomic E-state index is 12.2. The number of nitrogens with one attached hydrogen (secondary N) is 1. The number of hydrogen-bond acceptors (Lipinski definition) is 5. The van der Waals surface area contributed by atoms with E-state index < -0.39 is 17.2 Å². The van der Waals surface area contributed by atoms with E-state index in [2.05, 4.69) is 9.97 Å². The molecule has 122 valence electrons. The predicted octanol–water partition coefficient (Wildman–Crippen LogP) is 1.71. The van der Waals surface area contributed by atoms with Crippen molar-refractivity contribution >= 4 is 17.0 Å². The molecule has 0 atom stereocenters. The lowest BCUT2D eigenvalue weighted by Gasteiger charge is -2.08. The van der Waals surface area contributed by atoms with Gasteiger partial charge in [-0.15, -0.1) is 0 Å². The molecule has 0 bridgehead atoms. The SMILES string of the molecule is CCCn1c(=O)[nH]c(=O)c2cc(C(=O)Oc3ccccc3)cnc21. The molecule has 0 aliphatic heterocycles. The summed E-state index contributed by atoms with van der Waals surface area (Å²) in [5.41, 5.74) is -0.703. The average Bonchev–Trinajstić information content (AvgIpc) is 2.59. The van der Waals surface area contributed by atoms with Gasteiger partial charge in [0.1, 0.15) is 11.4 Å². The number of pyridine rings is 1. The Hall–Kier alpha value is -3.22. The number of carbonyl (C=O) groups excluding carboxylic acids is 1. The third-order valence-corrected chi connectivity index (χ3v) is 3.47. The van der Waals surface area contributed by atoms with Crippen LogP contribution in [0.2, 0.25) is 0 Å². The number of fused-ring (bicyclic) bond motifs is 1. The fraction of sp³-hybridized carbons (Fsp3) is 0.176. The smallest absolute Gasteiger partial charge is 0.345 e. The molecule has 0 saturated carbocycles. The molecule has 2 aromatic heterocycles. The minimum absolute atomic E-state index is 0.138. The molecule has 7 nitrogen and oxygen atoms in total. The van der Waals surface area contributed by atoms with Crippen molar-refractivity contribution in [3.8, 4) is 5.75 Å². The summed E-state index contributed by atoms with van der Waals surface area (Å²) in [5, 5.41) is 0.172. The normalized spacial score (nSPS) is 10.7. The summed E-state index contributed by atoms with van der Waals surface area (Å²) < 4.78 is 6.61. The molecule has 0 aliphatic carbocycles. The van der Waals surface area contributed by atoms with E-state index >= 15 is 0 Å². The van der Waals surface area contributed by atoms with Crippen LogP contribution in [0, 0.1) is 0 Å². The second kappa shape index (κ2) is 6.49. The zero-order chi connectivity index (χ0) is 17.1. The molecule has 0 amide bonds. The summed E-state index contributed by atoms with van der Waals surface area (Å²) >= 11 is 0. The number of para-hydroxylation sites is 1. The van der Waals surface area contributed by atoms with Gasteiger partial charge in [0.2, 0.25) is 0 Å². The van der Waals surface area contributed by atoms with Crippen LogP contribution in [0.5, 0.6) is 5.75 Å². The van der Waals surface area contributed by atoms with Crippen LogP contribution in [0.3, 0.4) is 0 Å². The van der Waals surface area contributed by atoms with E-state index in [1.165, 1.54) is 16.8 Å². The Morgan fingerprint density at radius 3 is 2.71 bits per heavy atom. The Morgan fingerprint density at radius 1 is 1.25 bits per heavy atom. The van der Waals surface area contributed by atoms with Gasteiger partial charge in [-0.05, 0) is 24.6 Å². The molecule has 3 rings (SSSR count). The standard InChI is InChI=1S/C17H15N3O4/c1-2-8-20-14-13(15(21)19-17(20)23)9-11(10-18-14)16(22)24-12-6-4-3-5-7-12/h3-7,9-10H,2,8H2,1H3,(H,19,21,23). The first-order valence-corrected chi connectivity index (χ1v) is 7.50. The number of esters is 1. The second-order valence-corrected chi connectivity index (χ2v) is 5.21. The Labute approximate surface area is 136 Å². The Morgan fingerprint density at radius 2 is 2.00 bits per heavy atom. The third-order valence-electron chi connectivity index (χ3n) is 3.47. The Kier molecular flexibility index (Phi) is 4.24. The number of aromatic amines is 1. The fourth-order valence-electron chi connectivity index (χ4n) is 2.37. The number of rotatable bonds is 4. The van der Waals surface area contributed by atoms with Crippen LogP contribution in [-0.4, -0.2) is 20.5 Å². The van der Waals surface area contributed by atoms with Crippen molar-refractivity contribution in [2.24, 2.45) is 0 Å². The summed E-state index contributed by atoms with van der Waals surface area (Å²) in [6, 6.07) is 9.99. The van der Waals surface area contributed by atoms with Crippen LogP contribution in [0.4, 0.5) is 0 Å². The van der Waals surface area contributed by atoms with E-state index in [-0.39, 0.29) is 16.6 Å². The molecular weight excluding hydrogens is 310 g/mol. The summed E-state index contributed by atoms with van der Waals surface area (Å²) in [5.74, 6) is -0.226.